The standard InChI is InChI=1S/C19H18N4O2/c1-14-7-9-17(10-8-14)25-13-18(24)22-20-11-16-12-21-23-19(16)15-5-3-2-4-6-15/h2-12H,13H2,1H3,(H,21,23)(H,22,24)/b20-11+. The Hall–Kier alpha value is -3.41. The quantitative estimate of drug-likeness (QED) is 0.537. The van der Waals surface area contributed by atoms with Gasteiger partial charge in [0.2, 0.25) is 0 Å². The lowest BCUT2D eigenvalue weighted by atomic mass is 10.1. The number of hydrazone groups is 1. The van der Waals surface area contributed by atoms with Crippen LogP contribution in [0.1, 0.15) is 11.1 Å². The van der Waals surface area contributed by atoms with Gasteiger partial charge < -0.3 is 4.74 Å². The molecule has 0 atom stereocenters. The Bertz CT molecular complexity index is 855. The Morgan fingerprint density at radius 3 is 2.72 bits per heavy atom. The number of nitrogens with zero attached hydrogens (tertiary/aromatic N) is 2. The first kappa shape index (κ1) is 16.4. The lowest BCUT2D eigenvalue weighted by Crippen LogP contribution is -2.24. The third-order valence-electron chi connectivity index (χ3n) is 3.51. The molecule has 0 aliphatic heterocycles. The van der Waals surface area contributed by atoms with E-state index >= 15 is 0 Å². The van der Waals surface area contributed by atoms with Gasteiger partial charge in [-0.2, -0.15) is 10.2 Å². The number of aromatic nitrogens is 2. The van der Waals surface area contributed by atoms with Crippen molar-refractivity contribution in [2.45, 2.75) is 6.92 Å². The van der Waals surface area contributed by atoms with Crippen LogP contribution in [0.3, 0.4) is 0 Å². The zero-order valence-electron chi connectivity index (χ0n) is 13.8. The van der Waals surface area contributed by atoms with Crippen LogP contribution in [0.25, 0.3) is 11.3 Å². The fourth-order valence-corrected chi connectivity index (χ4v) is 2.22. The molecule has 3 aromatic rings. The van der Waals surface area contributed by atoms with Gasteiger partial charge in [-0.15, -0.1) is 0 Å². The highest BCUT2D eigenvalue weighted by atomic mass is 16.5. The Balaban J connectivity index is 1.54. The summed E-state index contributed by atoms with van der Waals surface area (Å²) in [4.78, 5) is 11.8. The van der Waals surface area contributed by atoms with Gasteiger partial charge >= 0.3 is 0 Å². The highest BCUT2D eigenvalue weighted by molar-refractivity contribution is 5.89. The number of hydrogen-bond donors (Lipinski definition) is 2. The molecule has 0 spiro atoms. The predicted octanol–water partition coefficient (Wildman–Crippen LogP) is 2.91. The summed E-state index contributed by atoms with van der Waals surface area (Å²) in [7, 11) is 0. The van der Waals surface area contributed by atoms with E-state index in [-0.39, 0.29) is 12.5 Å². The Labute approximate surface area is 145 Å². The molecule has 126 valence electrons. The van der Waals surface area contributed by atoms with Crippen molar-refractivity contribution in [3.8, 4) is 17.0 Å². The molecule has 25 heavy (non-hydrogen) atoms. The largest absolute Gasteiger partial charge is 0.484 e. The number of aromatic amines is 1. The first-order valence-electron chi connectivity index (χ1n) is 7.82. The number of ether oxygens (including phenoxy) is 1. The number of nitrogens with one attached hydrogen (secondary N) is 2. The van der Waals surface area contributed by atoms with Crippen molar-refractivity contribution in [1.82, 2.24) is 15.6 Å². The number of H-pyrrole nitrogens is 1. The molecule has 1 aromatic heterocycles. The fraction of sp³-hybridized carbons (Fsp3) is 0.105. The normalized spacial score (nSPS) is 10.8. The molecule has 0 unspecified atom stereocenters. The van der Waals surface area contributed by atoms with Crippen LogP contribution in [0.5, 0.6) is 5.75 Å². The van der Waals surface area contributed by atoms with E-state index in [1.807, 2.05) is 61.5 Å². The number of rotatable bonds is 6. The van der Waals surface area contributed by atoms with Gasteiger partial charge in [-0.05, 0) is 19.1 Å². The fourth-order valence-electron chi connectivity index (χ4n) is 2.22. The second-order valence-corrected chi connectivity index (χ2v) is 5.46. The molecule has 0 aliphatic rings. The molecule has 2 N–H and O–H groups in total. The highest BCUT2D eigenvalue weighted by Crippen LogP contribution is 2.18. The average Bonchev–Trinajstić information content (AvgIpc) is 3.10. The molecule has 0 aliphatic carbocycles. The van der Waals surface area contributed by atoms with E-state index in [0.717, 1.165) is 22.4 Å². The summed E-state index contributed by atoms with van der Waals surface area (Å²) in [6, 6.07) is 17.3. The molecule has 1 amide bonds. The molecular formula is C19H18N4O2. The molecule has 0 saturated carbocycles. The van der Waals surface area contributed by atoms with Crippen molar-refractivity contribution >= 4 is 12.1 Å². The van der Waals surface area contributed by atoms with E-state index in [2.05, 4.69) is 20.7 Å². The molecule has 0 fully saturated rings. The van der Waals surface area contributed by atoms with Crippen LogP contribution in [0.4, 0.5) is 0 Å². The third kappa shape index (κ3) is 4.54. The van der Waals surface area contributed by atoms with Crippen LogP contribution in [0.15, 0.2) is 65.9 Å². The first-order valence-corrected chi connectivity index (χ1v) is 7.82. The van der Waals surface area contributed by atoms with Gasteiger partial charge in [-0.1, -0.05) is 48.0 Å². The van der Waals surface area contributed by atoms with Gasteiger partial charge in [0.1, 0.15) is 5.75 Å². The number of amides is 1. The van der Waals surface area contributed by atoms with Gasteiger partial charge in [0.25, 0.3) is 5.91 Å². The summed E-state index contributed by atoms with van der Waals surface area (Å²) >= 11 is 0. The van der Waals surface area contributed by atoms with Gasteiger partial charge in [0.05, 0.1) is 18.1 Å². The van der Waals surface area contributed by atoms with Crippen LogP contribution in [-0.4, -0.2) is 28.9 Å². The lowest BCUT2D eigenvalue weighted by Gasteiger charge is -2.05. The van der Waals surface area contributed by atoms with Crippen LogP contribution in [-0.2, 0) is 4.79 Å². The maximum atomic E-state index is 11.8. The highest BCUT2D eigenvalue weighted by Gasteiger charge is 2.05. The predicted molar refractivity (Wildman–Crippen MR) is 96.4 cm³/mol. The molecule has 1 heterocycles. The van der Waals surface area contributed by atoms with E-state index < -0.39 is 0 Å². The van der Waals surface area contributed by atoms with E-state index in [0.29, 0.717) is 5.75 Å². The molecule has 6 heteroatoms. The molecule has 0 bridgehead atoms. The minimum Gasteiger partial charge on any atom is -0.484 e. The van der Waals surface area contributed by atoms with Crippen molar-refractivity contribution in [1.29, 1.82) is 0 Å². The maximum absolute atomic E-state index is 11.8. The van der Waals surface area contributed by atoms with Gasteiger partial charge in [-0.3, -0.25) is 9.89 Å². The van der Waals surface area contributed by atoms with Crippen molar-refractivity contribution in [3.63, 3.8) is 0 Å². The molecular weight excluding hydrogens is 316 g/mol. The average molecular weight is 334 g/mol. The Kier molecular flexibility index (Phi) is 5.21. The van der Waals surface area contributed by atoms with E-state index in [1.54, 1.807) is 12.4 Å². The zero-order chi connectivity index (χ0) is 17.5. The van der Waals surface area contributed by atoms with Crippen LogP contribution < -0.4 is 10.2 Å². The SMILES string of the molecule is Cc1ccc(OCC(=O)N/N=C/c2cn[nH]c2-c2ccccc2)cc1. The topological polar surface area (TPSA) is 79.4 Å². The van der Waals surface area contributed by atoms with Crippen molar-refractivity contribution in [2.24, 2.45) is 5.10 Å². The van der Waals surface area contributed by atoms with Crippen LogP contribution in [0.2, 0.25) is 0 Å². The number of aryl methyl sites for hydroxylation is 1. The maximum Gasteiger partial charge on any atom is 0.277 e. The lowest BCUT2D eigenvalue weighted by molar-refractivity contribution is -0.123. The van der Waals surface area contributed by atoms with E-state index in [9.17, 15) is 4.79 Å². The molecule has 0 radical (unpaired) electrons. The van der Waals surface area contributed by atoms with E-state index in [1.165, 1.54) is 0 Å². The summed E-state index contributed by atoms with van der Waals surface area (Å²) in [6.45, 7) is 1.89. The number of carbonyl (C=O) groups is 1. The van der Waals surface area contributed by atoms with Crippen molar-refractivity contribution in [3.05, 3.63) is 71.9 Å². The summed E-state index contributed by atoms with van der Waals surface area (Å²) in [6.07, 6.45) is 3.20. The monoisotopic (exact) mass is 334 g/mol. The summed E-state index contributed by atoms with van der Waals surface area (Å²) < 4.78 is 5.40. The minimum absolute atomic E-state index is 0.0999. The van der Waals surface area contributed by atoms with Crippen LogP contribution >= 0.6 is 0 Å². The summed E-state index contributed by atoms with van der Waals surface area (Å²) in [5.41, 5.74) is 6.20. The zero-order valence-corrected chi connectivity index (χ0v) is 13.8. The first-order chi connectivity index (χ1) is 12.2. The van der Waals surface area contributed by atoms with E-state index in [4.69, 9.17) is 4.74 Å². The number of benzene rings is 2. The number of hydrogen-bond acceptors (Lipinski definition) is 4. The minimum atomic E-state index is -0.332. The smallest absolute Gasteiger partial charge is 0.277 e. The van der Waals surface area contributed by atoms with Crippen molar-refractivity contribution in [2.75, 3.05) is 6.61 Å². The van der Waals surface area contributed by atoms with Gasteiger partial charge in [0, 0.05) is 11.1 Å². The third-order valence-corrected chi connectivity index (χ3v) is 3.51. The molecule has 2 aromatic carbocycles. The molecule has 6 nitrogen and oxygen atoms in total. The number of carbonyl (C=O) groups excluding carboxylic acids is 1. The Morgan fingerprint density at radius 1 is 1.20 bits per heavy atom. The Morgan fingerprint density at radius 2 is 1.96 bits per heavy atom. The summed E-state index contributed by atoms with van der Waals surface area (Å²) in [5, 5.41) is 10.9. The molecule has 0 saturated heterocycles. The van der Waals surface area contributed by atoms with Gasteiger partial charge in [0.15, 0.2) is 6.61 Å². The van der Waals surface area contributed by atoms with Crippen molar-refractivity contribution < 1.29 is 9.53 Å². The van der Waals surface area contributed by atoms with Crippen LogP contribution in [0, 0.1) is 6.92 Å². The summed E-state index contributed by atoms with van der Waals surface area (Å²) in [5.74, 6) is 0.313. The molecule has 3 rings (SSSR count). The van der Waals surface area contributed by atoms with Gasteiger partial charge in [-0.25, -0.2) is 5.43 Å². The second-order valence-electron chi connectivity index (χ2n) is 5.46. The second kappa shape index (κ2) is 7.92.